The molecule has 4 heteroatoms. The van der Waals surface area contributed by atoms with Crippen LogP contribution in [0.5, 0.6) is 0 Å². The molecule has 3 rings (SSSR count). The van der Waals surface area contributed by atoms with E-state index in [1.54, 1.807) is 0 Å². The molecule has 1 aliphatic carbocycles. The average molecular weight is 277 g/mol. The lowest BCUT2D eigenvalue weighted by atomic mass is 9.71. The van der Waals surface area contributed by atoms with E-state index in [1.807, 2.05) is 11.7 Å². The van der Waals surface area contributed by atoms with Crippen LogP contribution in [0.1, 0.15) is 50.3 Å². The van der Waals surface area contributed by atoms with Crippen LogP contribution < -0.4 is 0 Å². The minimum atomic E-state index is -0.364. The number of likely N-dealkylation sites (tertiary alicyclic amines) is 1. The SMILES string of the molecule is CCc1nn(C)cc1CN1CCC2(O)CCCCC2C1. The second-order valence-corrected chi connectivity index (χ2v) is 6.66. The first kappa shape index (κ1) is 14.1. The summed E-state index contributed by atoms with van der Waals surface area (Å²) < 4.78 is 1.93. The maximum atomic E-state index is 10.7. The summed E-state index contributed by atoms with van der Waals surface area (Å²) in [5, 5.41) is 15.3. The highest BCUT2D eigenvalue weighted by Crippen LogP contribution is 2.40. The summed E-state index contributed by atoms with van der Waals surface area (Å²) in [5.74, 6) is 0.478. The van der Waals surface area contributed by atoms with Crippen LogP contribution in [0.3, 0.4) is 0 Å². The summed E-state index contributed by atoms with van der Waals surface area (Å²) in [5.41, 5.74) is 2.21. The summed E-state index contributed by atoms with van der Waals surface area (Å²) in [6.07, 6.45) is 8.79. The molecular formula is C16H27N3O. The van der Waals surface area contributed by atoms with Crippen molar-refractivity contribution in [3.8, 4) is 0 Å². The van der Waals surface area contributed by atoms with Gasteiger partial charge < -0.3 is 5.11 Å². The molecule has 4 nitrogen and oxygen atoms in total. The van der Waals surface area contributed by atoms with Gasteiger partial charge in [0.05, 0.1) is 11.3 Å². The quantitative estimate of drug-likeness (QED) is 0.920. The van der Waals surface area contributed by atoms with Crippen LogP contribution in [0.15, 0.2) is 6.20 Å². The van der Waals surface area contributed by atoms with Crippen molar-refractivity contribution in [2.75, 3.05) is 13.1 Å². The van der Waals surface area contributed by atoms with Gasteiger partial charge in [0.15, 0.2) is 0 Å². The third kappa shape index (κ3) is 2.63. The van der Waals surface area contributed by atoms with Crippen molar-refractivity contribution in [3.05, 3.63) is 17.5 Å². The summed E-state index contributed by atoms with van der Waals surface area (Å²) in [4.78, 5) is 2.51. The molecule has 2 atom stereocenters. The Morgan fingerprint density at radius 3 is 3.05 bits per heavy atom. The van der Waals surface area contributed by atoms with Gasteiger partial charge in [0.25, 0.3) is 0 Å². The minimum absolute atomic E-state index is 0.364. The summed E-state index contributed by atoms with van der Waals surface area (Å²) in [6, 6.07) is 0. The van der Waals surface area contributed by atoms with Crippen molar-refractivity contribution in [1.82, 2.24) is 14.7 Å². The fraction of sp³-hybridized carbons (Fsp3) is 0.812. The third-order valence-electron chi connectivity index (χ3n) is 5.23. The minimum Gasteiger partial charge on any atom is -0.390 e. The first-order valence-corrected chi connectivity index (χ1v) is 8.07. The zero-order chi connectivity index (χ0) is 14.2. The molecule has 1 aliphatic heterocycles. The van der Waals surface area contributed by atoms with E-state index in [0.717, 1.165) is 38.9 Å². The van der Waals surface area contributed by atoms with E-state index in [9.17, 15) is 5.11 Å². The normalized spacial score (nSPS) is 31.2. The highest BCUT2D eigenvalue weighted by atomic mass is 16.3. The Morgan fingerprint density at radius 1 is 1.40 bits per heavy atom. The lowest BCUT2D eigenvalue weighted by Gasteiger charge is -2.47. The molecule has 1 saturated carbocycles. The number of rotatable bonds is 3. The number of nitrogens with zero attached hydrogens (tertiary/aromatic N) is 3. The number of fused-ring (bicyclic) bond motifs is 1. The van der Waals surface area contributed by atoms with Crippen LogP contribution >= 0.6 is 0 Å². The summed E-state index contributed by atoms with van der Waals surface area (Å²) in [6.45, 7) is 5.23. The van der Waals surface area contributed by atoms with E-state index in [1.165, 1.54) is 30.5 Å². The Labute approximate surface area is 121 Å². The molecular weight excluding hydrogens is 250 g/mol. The van der Waals surface area contributed by atoms with Crippen molar-refractivity contribution >= 4 is 0 Å². The lowest BCUT2D eigenvalue weighted by molar-refractivity contribution is -0.0968. The van der Waals surface area contributed by atoms with Gasteiger partial charge in [-0.3, -0.25) is 9.58 Å². The topological polar surface area (TPSA) is 41.3 Å². The van der Waals surface area contributed by atoms with Gasteiger partial charge in [-0.1, -0.05) is 19.8 Å². The second kappa shape index (κ2) is 5.49. The van der Waals surface area contributed by atoms with Gasteiger partial charge in [-0.15, -0.1) is 0 Å². The molecule has 1 aromatic rings. The highest BCUT2D eigenvalue weighted by molar-refractivity contribution is 5.17. The molecule has 2 heterocycles. The predicted octanol–water partition coefficient (Wildman–Crippen LogP) is 2.11. The largest absolute Gasteiger partial charge is 0.390 e. The monoisotopic (exact) mass is 277 g/mol. The first-order valence-electron chi connectivity index (χ1n) is 8.07. The van der Waals surface area contributed by atoms with Crippen molar-refractivity contribution in [3.63, 3.8) is 0 Å². The van der Waals surface area contributed by atoms with Crippen LogP contribution in [0.25, 0.3) is 0 Å². The molecule has 2 aliphatic rings. The van der Waals surface area contributed by atoms with Gasteiger partial charge in [-0.2, -0.15) is 5.10 Å². The number of aromatic nitrogens is 2. The van der Waals surface area contributed by atoms with Gasteiger partial charge >= 0.3 is 0 Å². The van der Waals surface area contributed by atoms with Crippen molar-refractivity contribution in [1.29, 1.82) is 0 Å². The van der Waals surface area contributed by atoms with E-state index in [-0.39, 0.29) is 5.60 Å². The molecule has 2 fully saturated rings. The van der Waals surface area contributed by atoms with E-state index < -0.39 is 0 Å². The average Bonchev–Trinajstić information content (AvgIpc) is 2.79. The number of piperidine rings is 1. The summed E-state index contributed by atoms with van der Waals surface area (Å²) in [7, 11) is 2.00. The fourth-order valence-corrected chi connectivity index (χ4v) is 4.04. The molecule has 0 bridgehead atoms. The molecule has 112 valence electrons. The van der Waals surface area contributed by atoms with Crippen molar-refractivity contribution in [2.45, 2.75) is 57.6 Å². The Morgan fingerprint density at radius 2 is 2.25 bits per heavy atom. The number of hydrogen-bond acceptors (Lipinski definition) is 3. The Hall–Kier alpha value is -0.870. The highest BCUT2D eigenvalue weighted by Gasteiger charge is 2.42. The van der Waals surface area contributed by atoms with Crippen LogP contribution in [-0.2, 0) is 20.0 Å². The smallest absolute Gasteiger partial charge is 0.0700 e. The molecule has 0 spiro atoms. The van der Waals surface area contributed by atoms with Gasteiger partial charge in [-0.05, 0) is 25.7 Å². The van der Waals surface area contributed by atoms with E-state index in [4.69, 9.17) is 0 Å². The molecule has 2 unspecified atom stereocenters. The maximum absolute atomic E-state index is 10.7. The number of aryl methyl sites for hydroxylation is 2. The zero-order valence-corrected chi connectivity index (χ0v) is 12.8. The molecule has 0 aromatic carbocycles. The van der Waals surface area contributed by atoms with Crippen LogP contribution in [0.2, 0.25) is 0 Å². The standard InChI is InChI=1S/C16H27N3O/c1-3-15-13(10-18(2)17-15)11-19-9-8-16(20)7-5-4-6-14(16)12-19/h10,14,20H,3-9,11-12H2,1-2H3. The Bertz CT molecular complexity index is 470. The number of hydrogen-bond donors (Lipinski definition) is 1. The van der Waals surface area contributed by atoms with E-state index in [0.29, 0.717) is 5.92 Å². The van der Waals surface area contributed by atoms with Gasteiger partial charge in [-0.25, -0.2) is 0 Å². The Balaban J connectivity index is 1.67. The molecule has 1 aromatic heterocycles. The van der Waals surface area contributed by atoms with Gasteiger partial charge in [0, 0.05) is 44.4 Å². The van der Waals surface area contributed by atoms with Gasteiger partial charge in [0.2, 0.25) is 0 Å². The van der Waals surface area contributed by atoms with Crippen molar-refractivity contribution < 1.29 is 5.11 Å². The molecule has 0 radical (unpaired) electrons. The number of aliphatic hydroxyl groups is 1. The third-order valence-corrected chi connectivity index (χ3v) is 5.23. The molecule has 20 heavy (non-hydrogen) atoms. The second-order valence-electron chi connectivity index (χ2n) is 6.66. The molecule has 0 amide bonds. The van der Waals surface area contributed by atoms with Gasteiger partial charge in [0.1, 0.15) is 0 Å². The maximum Gasteiger partial charge on any atom is 0.0700 e. The van der Waals surface area contributed by atoms with Crippen molar-refractivity contribution in [2.24, 2.45) is 13.0 Å². The summed E-state index contributed by atoms with van der Waals surface area (Å²) >= 11 is 0. The first-order chi connectivity index (χ1) is 9.60. The fourth-order valence-electron chi connectivity index (χ4n) is 4.04. The lowest BCUT2D eigenvalue weighted by Crippen LogP contribution is -2.52. The van der Waals surface area contributed by atoms with E-state index in [2.05, 4.69) is 23.1 Å². The van der Waals surface area contributed by atoms with E-state index >= 15 is 0 Å². The molecule has 1 N–H and O–H groups in total. The van der Waals surface area contributed by atoms with Crippen LogP contribution in [-0.4, -0.2) is 38.5 Å². The zero-order valence-electron chi connectivity index (χ0n) is 12.8. The Kier molecular flexibility index (Phi) is 3.87. The van der Waals surface area contributed by atoms with Crippen LogP contribution in [0.4, 0.5) is 0 Å². The van der Waals surface area contributed by atoms with Crippen LogP contribution in [0, 0.1) is 5.92 Å². The molecule has 1 saturated heterocycles. The predicted molar refractivity (Wildman–Crippen MR) is 79.4 cm³/mol.